The van der Waals surface area contributed by atoms with E-state index >= 15 is 0 Å². The van der Waals surface area contributed by atoms with Crippen LogP contribution in [-0.2, 0) is 0 Å². The normalized spacial score (nSPS) is 12.7. The van der Waals surface area contributed by atoms with Gasteiger partial charge in [-0.1, -0.05) is 121 Å². The maximum Gasteiger partial charge on any atom is 0.143 e. The Balaban J connectivity index is 1.33. The quantitative estimate of drug-likeness (QED) is 0.141. The third kappa shape index (κ3) is 4.32. The highest BCUT2D eigenvalue weighted by atomic mass is 32.2. The second kappa shape index (κ2) is 11.1. The Bertz CT molecular complexity index is 2500. The first-order valence-corrected chi connectivity index (χ1v) is 16.8. The molecule has 9 aromatic rings. The first-order chi connectivity index (χ1) is 22.8. The van der Waals surface area contributed by atoms with Gasteiger partial charge in [0.25, 0.3) is 0 Å². The van der Waals surface area contributed by atoms with E-state index in [1.165, 1.54) is 42.0 Å². The fourth-order valence-corrected chi connectivity index (χ4v) is 9.09. The topological polar surface area (TPSA) is 18.1 Å². The molecule has 46 heavy (non-hydrogen) atoms. The molecule has 1 atom stereocenters. The van der Waals surface area contributed by atoms with Gasteiger partial charge in [0.2, 0.25) is 0 Å². The summed E-state index contributed by atoms with van der Waals surface area (Å²) in [5.74, 6) is 0. The average molecular weight is 608 g/mol. The van der Waals surface area contributed by atoms with Crippen LogP contribution >= 0.6 is 10.5 Å². The lowest BCUT2D eigenvalue weighted by molar-refractivity contribution is 0.668. The molecule has 218 valence electrons. The number of benzene rings is 7. The lowest BCUT2D eigenvalue weighted by Gasteiger charge is -2.20. The number of fused-ring (bicyclic) bond motifs is 6. The van der Waals surface area contributed by atoms with E-state index in [1.807, 2.05) is 6.07 Å². The zero-order valence-electron chi connectivity index (χ0n) is 25.0. The molecule has 0 saturated carbocycles. The molecular formula is C43H29NOS. The van der Waals surface area contributed by atoms with Gasteiger partial charge in [-0.15, -0.1) is 10.5 Å². The predicted octanol–water partition coefficient (Wildman–Crippen LogP) is 11.6. The number of hydrogen-bond acceptors (Lipinski definition) is 1. The number of para-hydroxylation sites is 4. The third-order valence-corrected chi connectivity index (χ3v) is 11.1. The summed E-state index contributed by atoms with van der Waals surface area (Å²) in [7, 11) is -0.431. The summed E-state index contributed by atoms with van der Waals surface area (Å²) >= 11 is 0. The number of rotatable bonds is 5. The highest BCUT2D eigenvalue weighted by Gasteiger charge is 2.20. The van der Waals surface area contributed by atoms with Gasteiger partial charge in [-0.05, 0) is 60.2 Å². The van der Waals surface area contributed by atoms with Crippen molar-refractivity contribution >= 4 is 59.1 Å². The van der Waals surface area contributed by atoms with Gasteiger partial charge >= 0.3 is 0 Å². The Morgan fingerprint density at radius 3 is 1.67 bits per heavy atom. The van der Waals surface area contributed by atoms with Crippen molar-refractivity contribution in [1.82, 2.24) is 4.57 Å². The van der Waals surface area contributed by atoms with Gasteiger partial charge in [-0.2, -0.15) is 0 Å². The van der Waals surface area contributed by atoms with Crippen molar-refractivity contribution < 1.29 is 4.42 Å². The Kier molecular flexibility index (Phi) is 6.43. The second-order valence-corrected chi connectivity index (χ2v) is 13.4. The zero-order valence-corrected chi connectivity index (χ0v) is 25.8. The molecule has 0 radical (unpaired) electrons. The largest absolute Gasteiger partial charge is 0.455 e. The van der Waals surface area contributed by atoms with Crippen molar-refractivity contribution in [1.29, 1.82) is 0 Å². The van der Waals surface area contributed by atoms with Crippen molar-refractivity contribution in [2.24, 2.45) is 0 Å². The van der Waals surface area contributed by atoms with Crippen LogP contribution in [0.2, 0.25) is 0 Å². The molecule has 0 fully saturated rings. The van der Waals surface area contributed by atoms with E-state index < -0.39 is 10.5 Å². The molecule has 0 aliphatic heterocycles. The molecule has 9 rings (SSSR count). The van der Waals surface area contributed by atoms with Gasteiger partial charge < -0.3 is 8.98 Å². The molecule has 0 N–H and O–H groups in total. The van der Waals surface area contributed by atoms with Gasteiger partial charge in [0, 0.05) is 47.5 Å². The van der Waals surface area contributed by atoms with Crippen molar-refractivity contribution in [3.05, 3.63) is 187 Å². The van der Waals surface area contributed by atoms with Crippen LogP contribution in [0.25, 0.3) is 49.4 Å². The average Bonchev–Trinajstić information content (AvgIpc) is 3.68. The monoisotopic (exact) mass is 607 g/mol. The second-order valence-electron chi connectivity index (χ2n) is 11.5. The smallest absolute Gasteiger partial charge is 0.143 e. The van der Waals surface area contributed by atoms with Gasteiger partial charge in [-0.3, -0.25) is 0 Å². The van der Waals surface area contributed by atoms with Crippen LogP contribution in [0.5, 0.6) is 0 Å². The maximum absolute atomic E-state index is 6.64. The molecule has 7 aromatic carbocycles. The number of nitrogens with zero attached hydrogens (tertiary/aromatic N) is 1. The molecule has 1 unspecified atom stereocenters. The molecule has 0 amide bonds. The first kappa shape index (κ1) is 26.7. The summed E-state index contributed by atoms with van der Waals surface area (Å²) < 4.78 is 9.02. The molecule has 2 aromatic heterocycles. The van der Waals surface area contributed by atoms with Crippen molar-refractivity contribution in [2.45, 2.75) is 9.79 Å². The molecule has 3 heteroatoms. The highest BCUT2D eigenvalue weighted by molar-refractivity contribution is 8.16. The van der Waals surface area contributed by atoms with E-state index in [0.717, 1.165) is 33.2 Å². The van der Waals surface area contributed by atoms with E-state index in [-0.39, 0.29) is 0 Å². The van der Waals surface area contributed by atoms with Crippen LogP contribution in [-0.4, -0.2) is 9.43 Å². The Labute approximate surface area is 269 Å². The zero-order chi connectivity index (χ0) is 30.5. The molecular weight excluding hydrogens is 579 g/mol. The first-order valence-electron chi connectivity index (χ1n) is 15.6. The molecule has 0 bridgehead atoms. The molecule has 0 aliphatic carbocycles. The van der Waals surface area contributed by atoms with Gasteiger partial charge in [0.1, 0.15) is 11.2 Å². The van der Waals surface area contributed by atoms with Gasteiger partial charge in [-0.25, -0.2) is 0 Å². The highest BCUT2D eigenvalue weighted by Crippen LogP contribution is 2.43. The summed E-state index contributed by atoms with van der Waals surface area (Å²) in [5.41, 5.74) is 7.73. The summed E-state index contributed by atoms with van der Waals surface area (Å²) in [6.07, 6.45) is 0. The van der Waals surface area contributed by atoms with Crippen LogP contribution in [0, 0.1) is 0 Å². The van der Waals surface area contributed by atoms with Crippen molar-refractivity contribution in [3.63, 3.8) is 0 Å². The number of furan rings is 1. The SMILES string of the molecule is c1ccc(C(c2cccc3c2oc2ccccc23)=S(c2ccccc2)c2ccc(-n3c4ccccc4c4ccccc43)cc2)cc1. The van der Waals surface area contributed by atoms with Crippen LogP contribution in [0.1, 0.15) is 11.1 Å². The molecule has 0 aliphatic rings. The van der Waals surface area contributed by atoms with Crippen LogP contribution in [0.3, 0.4) is 0 Å². The lowest BCUT2D eigenvalue weighted by Crippen LogP contribution is -2.05. The minimum absolute atomic E-state index is 0.431. The fraction of sp³-hybridized carbons (Fsp3) is 0. The standard InChI is InChI=1S/C43H29NOS/c1-3-14-30(15-4-1)43(38-22-13-21-37-36-20-9-12-25-41(36)45-42(37)38)46(32-16-5-2-6-17-32)33-28-26-31(27-29-33)44-39-23-10-7-18-34(39)35-19-8-11-24-40(35)44/h1-29H. The van der Waals surface area contributed by atoms with E-state index in [2.05, 4.69) is 174 Å². The molecule has 2 heterocycles. The summed E-state index contributed by atoms with van der Waals surface area (Å²) in [4.78, 5) is 3.77. The Morgan fingerprint density at radius 2 is 0.978 bits per heavy atom. The van der Waals surface area contributed by atoms with Crippen LogP contribution < -0.4 is 0 Å². The summed E-state index contributed by atoms with van der Waals surface area (Å²) in [5, 5.41) is 4.82. The molecule has 2 nitrogen and oxygen atoms in total. The Morgan fingerprint density at radius 1 is 0.435 bits per heavy atom. The third-order valence-electron chi connectivity index (χ3n) is 8.78. The lowest BCUT2D eigenvalue weighted by atomic mass is 10.0. The molecule has 0 saturated heterocycles. The number of hydrogen-bond donors (Lipinski definition) is 0. The van der Waals surface area contributed by atoms with E-state index in [9.17, 15) is 0 Å². The fourth-order valence-electron chi connectivity index (χ4n) is 6.76. The van der Waals surface area contributed by atoms with E-state index in [0.29, 0.717) is 0 Å². The van der Waals surface area contributed by atoms with Crippen molar-refractivity contribution in [2.75, 3.05) is 0 Å². The number of aromatic nitrogens is 1. The summed E-state index contributed by atoms with van der Waals surface area (Å²) in [6.45, 7) is 0. The molecule has 0 spiro atoms. The van der Waals surface area contributed by atoms with Crippen LogP contribution in [0.15, 0.2) is 190 Å². The predicted molar refractivity (Wildman–Crippen MR) is 195 cm³/mol. The maximum atomic E-state index is 6.64. The van der Waals surface area contributed by atoms with E-state index in [4.69, 9.17) is 4.42 Å². The van der Waals surface area contributed by atoms with Crippen molar-refractivity contribution in [3.8, 4) is 5.69 Å². The van der Waals surface area contributed by atoms with Gasteiger partial charge in [0.05, 0.1) is 11.0 Å². The summed E-state index contributed by atoms with van der Waals surface area (Å²) in [6, 6.07) is 63.2. The van der Waals surface area contributed by atoms with Gasteiger partial charge in [0.15, 0.2) is 0 Å². The minimum Gasteiger partial charge on any atom is -0.455 e. The van der Waals surface area contributed by atoms with Crippen LogP contribution in [0.4, 0.5) is 0 Å². The Hall–Kier alpha value is -5.64. The van der Waals surface area contributed by atoms with E-state index in [1.54, 1.807) is 0 Å². The minimum atomic E-state index is -0.431.